The summed E-state index contributed by atoms with van der Waals surface area (Å²) in [5.74, 6) is 0.885. The van der Waals surface area contributed by atoms with E-state index in [2.05, 4.69) is 10.3 Å². The van der Waals surface area contributed by atoms with E-state index in [1.807, 2.05) is 20.0 Å². The fraction of sp³-hybridized carbons (Fsp3) is 0.500. The largest absolute Gasteiger partial charge is 0.465 e. The highest BCUT2D eigenvalue weighted by Gasteiger charge is 1.85. The highest BCUT2D eigenvalue weighted by Crippen LogP contribution is 2.06. The molecule has 8 heavy (non-hydrogen) atoms. The lowest BCUT2D eigenvalue weighted by molar-refractivity contribution is 1.20. The Morgan fingerprint density at radius 2 is 2.38 bits per heavy atom. The van der Waals surface area contributed by atoms with Crippen LogP contribution >= 0.6 is 0 Å². The second-order valence-corrected chi connectivity index (χ2v) is 1.97. The highest BCUT2D eigenvalue weighted by atomic mass is 15.0. The summed E-state index contributed by atoms with van der Waals surface area (Å²) in [6, 6.07) is 0. The molecule has 2 heteroatoms. The van der Waals surface area contributed by atoms with Gasteiger partial charge in [0.15, 0.2) is 0 Å². The minimum Gasteiger partial charge on any atom is -0.465 e. The minimum atomic E-state index is 0.829. The lowest BCUT2D eigenvalue weighted by Crippen LogP contribution is -1.98. The molecule has 44 valence electrons. The second-order valence-electron chi connectivity index (χ2n) is 1.97. The zero-order chi connectivity index (χ0) is 5.98. The SMILES string of the molecule is CC1=CN=C(C)[N-]C1. The summed E-state index contributed by atoms with van der Waals surface area (Å²) in [6.45, 7) is 4.76. The molecule has 0 saturated heterocycles. The van der Waals surface area contributed by atoms with Gasteiger partial charge in [0.2, 0.25) is 0 Å². The summed E-state index contributed by atoms with van der Waals surface area (Å²) in [7, 11) is 0. The molecule has 1 rings (SSSR count). The lowest BCUT2D eigenvalue weighted by atomic mass is 10.3. The van der Waals surface area contributed by atoms with E-state index >= 15 is 0 Å². The molecule has 1 heterocycles. The summed E-state index contributed by atoms with van der Waals surface area (Å²) >= 11 is 0. The van der Waals surface area contributed by atoms with E-state index < -0.39 is 0 Å². The van der Waals surface area contributed by atoms with Crippen LogP contribution in [0.15, 0.2) is 16.8 Å². The Kier molecular flexibility index (Phi) is 1.33. The summed E-state index contributed by atoms with van der Waals surface area (Å²) in [5, 5.41) is 4.09. The van der Waals surface area contributed by atoms with E-state index in [-0.39, 0.29) is 0 Å². The van der Waals surface area contributed by atoms with Gasteiger partial charge in [-0.2, -0.15) is 0 Å². The molecule has 0 bridgehead atoms. The first kappa shape index (κ1) is 5.35. The van der Waals surface area contributed by atoms with Gasteiger partial charge in [0.25, 0.3) is 0 Å². The molecule has 1 aliphatic rings. The van der Waals surface area contributed by atoms with Crippen LogP contribution < -0.4 is 0 Å². The molecule has 0 aliphatic carbocycles. The third kappa shape index (κ3) is 1.09. The van der Waals surface area contributed by atoms with Crippen molar-refractivity contribution in [2.45, 2.75) is 13.8 Å². The Balaban J connectivity index is 2.65. The van der Waals surface area contributed by atoms with Gasteiger partial charge in [-0.25, -0.2) is 0 Å². The Labute approximate surface area is 49.3 Å². The fourth-order valence-electron chi connectivity index (χ4n) is 0.524. The Morgan fingerprint density at radius 3 is 2.75 bits per heavy atom. The maximum absolute atomic E-state index is 4.09. The van der Waals surface area contributed by atoms with Gasteiger partial charge in [0.05, 0.1) is 0 Å². The second kappa shape index (κ2) is 1.99. The van der Waals surface area contributed by atoms with Crippen LogP contribution in [0.4, 0.5) is 0 Å². The normalized spacial score (nSPS) is 18.8. The molecule has 0 radical (unpaired) electrons. The Bertz CT molecular complexity index is 127. The molecule has 0 amide bonds. The molecule has 0 aromatic heterocycles. The van der Waals surface area contributed by atoms with Crippen LogP contribution in [0.25, 0.3) is 5.32 Å². The van der Waals surface area contributed by atoms with Crippen molar-refractivity contribution in [3.63, 3.8) is 0 Å². The quantitative estimate of drug-likeness (QED) is 0.452. The molecular weight excluding hydrogens is 100 g/mol. The highest BCUT2D eigenvalue weighted by molar-refractivity contribution is 5.93. The number of hydrogen-bond donors (Lipinski definition) is 0. The first-order valence-corrected chi connectivity index (χ1v) is 2.66. The lowest BCUT2D eigenvalue weighted by Gasteiger charge is -2.19. The number of nitrogens with zero attached hydrogens (tertiary/aromatic N) is 2. The van der Waals surface area contributed by atoms with Crippen molar-refractivity contribution in [3.05, 3.63) is 17.1 Å². The molecule has 2 nitrogen and oxygen atoms in total. The average Bonchev–Trinajstić information content (AvgIpc) is 1.77. The summed E-state index contributed by atoms with van der Waals surface area (Å²) in [6.07, 6.45) is 1.86. The number of aliphatic imine (C=N–C) groups is 1. The van der Waals surface area contributed by atoms with Gasteiger partial charge >= 0.3 is 0 Å². The van der Waals surface area contributed by atoms with Crippen LogP contribution in [0.1, 0.15) is 13.8 Å². The van der Waals surface area contributed by atoms with Crippen molar-refractivity contribution in [2.24, 2.45) is 4.99 Å². The van der Waals surface area contributed by atoms with E-state index in [1.165, 1.54) is 5.57 Å². The molecule has 0 N–H and O–H groups in total. The monoisotopic (exact) mass is 109 g/mol. The first-order valence-electron chi connectivity index (χ1n) is 2.66. The number of hydrogen-bond acceptors (Lipinski definition) is 1. The molecule has 0 saturated carbocycles. The molecule has 0 aromatic carbocycles. The molecule has 1 aliphatic heterocycles. The first-order chi connectivity index (χ1) is 3.79. The summed E-state index contributed by atoms with van der Waals surface area (Å²) < 4.78 is 0. The molecule has 0 fully saturated rings. The van der Waals surface area contributed by atoms with Crippen molar-refractivity contribution in [2.75, 3.05) is 6.54 Å². The van der Waals surface area contributed by atoms with Gasteiger partial charge in [-0.05, 0) is 20.4 Å². The summed E-state index contributed by atoms with van der Waals surface area (Å²) in [5.41, 5.74) is 1.23. The van der Waals surface area contributed by atoms with Crippen molar-refractivity contribution in [1.29, 1.82) is 0 Å². The van der Waals surface area contributed by atoms with Gasteiger partial charge in [0.1, 0.15) is 0 Å². The zero-order valence-corrected chi connectivity index (χ0v) is 5.18. The Morgan fingerprint density at radius 1 is 1.62 bits per heavy atom. The molecule has 0 unspecified atom stereocenters. The van der Waals surface area contributed by atoms with Gasteiger partial charge in [-0.1, -0.05) is 17.6 Å². The molecule has 0 aromatic rings. The maximum atomic E-state index is 4.09. The van der Waals surface area contributed by atoms with E-state index in [0.717, 1.165) is 12.4 Å². The van der Waals surface area contributed by atoms with Crippen LogP contribution in [0, 0.1) is 0 Å². The van der Waals surface area contributed by atoms with Crippen LogP contribution in [0.2, 0.25) is 0 Å². The van der Waals surface area contributed by atoms with Gasteiger partial charge in [-0.3, -0.25) is 0 Å². The van der Waals surface area contributed by atoms with E-state index in [1.54, 1.807) is 0 Å². The van der Waals surface area contributed by atoms with E-state index in [0.29, 0.717) is 0 Å². The van der Waals surface area contributed by atoms with Gasteiger partial charge in [0, 0.05) is 0 Å². The standard InChI is InChI=1S/C6H9N2/c1-5-3-7-6(2)8-4-5/h3H,4H2,1-2H3/q-1. The van der Waals surface area contributed by atoms with Gasteiger partial charge in [-0.15, -0.1) is 0 Å². The third-order valence-corrected chi connectivity index (χ3v) is 1.03. The van der Waals surface area contributed by atoms with Crippen LogP contribution in [-0.2, 0) is 0 Å². The summed E-state index contributed by atoms with van der Waals surface area (Å²) in [4.78, 5) is 4.00. The smallest absolute Gasteiger partial charge is 0.0300 e. The molecule has 0 spiro atoms. The number of rotatable bonds is 0. The number of amidine groups is 1. The van der Waals surface area contributed by atoms with Crippen molar-refractivity contribution in [1.82, 2.24) is 0 Å². The van der Waals surface area contributed by atoms with Crippen LogP contribution in [0.3, 0.4) is 0 Å². The topological polar surface area (TPSA) is 26.5 Å². The van der Waals surface area contributed by atoms with E-state index in [9.17, 15) is 0 Å². The fourth-order valence-corrected chi connectivity index (χ4v) is 0.524. The third-order valence-electron chi connectivity index (χ3n) is 1.03. The maximum Gasteiger partial charge on any atom is -0.0300 e. The van der Waals surface area contributed by atoms with Gasteiger partial charge < -0.3 is 10.3 Å². The van der Waals surface area contributed by atoms with Crippen LogP contribution in [-0.4, -0.2) is 12.4 Å². The predicted molar refractivity (Wildman–Crippen MR) is 35.1 cm³/mol. The minimum absolute atomic E-state index is 0.829. The van der Waals surface area contributed by atoms with E-state index in [4.69, 9.17) is 0 Å². The van der Waals surface area contributed by atoms with Crippen molar-refractivity contribution >= 4 is 5.84 Å². The zero-order valence-electron chi connectivity index (χ0n) is 5.18. The average molecular weight is 109 g/mol. The van der Waals surface area contributed by atoms with Crippen LogP contribution in [0.5, 0.6) is 0 Å². The van der Waals surface area contributed by atoms with Crippen molar-refractivity contribution < 1.29 is 0 Å². The molecular formula is C6H9N2-. The Hall–Kier alpha value is -0.790. The predicted octanol–water partition coefficient (Wildman–Crippen LogP) is 1.70. The molecule has 0 atom stereocenters. The van der Waals surface area contributed by atoms with Crippen molar-refractivity contribution in [3.8, 4) is 0 Å².